The predicted molar refractivity (Wildman–Crippen MR) is 53.1 cm³/mol. The molecule has 0 aromatic rings. The van der Waals surface area contributed by atoms with Crippen molar-refractivity contribution in [1.82, 2.24) is 0 Å². The van der Waals surface area contributed by atoms with Gasteiger partial charge >= 0.3 is 6.18 Å². The third-order valence-electron chi connectivity index (χ3n) is 2.82. The van der Waals surface area contributed by atoms with Gasteiger partial charge in [0.05, 0.1) is 5.92 Å². The first-order valence-corrected chi connectivity index (χ1v) is 5.60. The summed E-state index contributed by atoms with van der Waals surface area (Å²) >= 11 is 0. The summed E-state index contributed by atoms with van der Waals surface area (Å²) in [7, 11) is 0. The Hall–Kier alpha value is -0.210. The summed E-state index contributed by atoms with van der Waals surface area (Å²) in [5.74, 6) is -0.707. The number of alkyl halides is 3. The van der Waals surface area contributed by atoms with E-state index < -0.39 is 12.1 Å². The highest BCUT2D eigenvalue weighted by Gasteiger charge is 2.41. The fourth-order valence-corrected chi connectivity index (χ4v) is 1.96. The lowest BCUT2D eigenvalue weighted by atomic mass is 9.80. The molecule has 0 nitrogen and oxygen atoms in total. The maximum Gasteiger partial charge on any atom is 0.391 e. The van der Waals surface area contributed by atoms with Gasteiger partial charge in [-0.3, -0.25) is 0 Å². The summed E-state index contributed by atoms with van der Waals surface area (Å²) < 4.78 is 36.8. The smallest absolute Gasteiger partial charge is 0.171 e. The van der Waals surface area contributed by atoms with Crippen molar-refractivity contribution in [3.8, 4) is 0 Å². The Bertz CT molecular complexity index is 140. The van der Waals surface area contributed by atoms with Crippen LogP contribution >= 0.6 is 0 Å². The average molecular weight is 210 g/mol. The minimum absolute atomic E-state index is 0.311. The zero-order valence-electron chi connectivity index (χ0n) is 9.32. The van der Waals surface area contributed by atoms with Crippen molar-refractivity contribution in [2.45, 2.75) is 59.1 Å². The van der Waals surface area contributed by atoms with Gasteiger partial charge in [-0.05, 0) is 18.8 Å². The minimum atomic E-state index is -3.95. The number of hydrogen-bond acceptors (Lipinski definition) is 0. The molecule has 1 aliphatic carbocycles. The summed E-state index contributed by atoms with van der Waals surface area (Å²) in [5.41, 5.74) is 0. The maximum absolute atomic E-state index is 12.3. The maximum atomic E-state index is 12.3. The summed E-state index contributed by atoms with van der Waals surface area (Å²) in [6.45, 7) is 5.98. The van der Waals surface area contributed by atoms with Crippen LogP contribution in [0, 0.1) is 11.8 Å². The molecule has 86 valence electrons. The Morgan fingerprint density at radius 2 is 1.71 bits per heavy atom. The molecular formula is C11H21F3. The fourth-order valence-electron chi connectivity index (χ4n) is 1.96. The molecule has 2 atom stereocenters. The molecule has 3 heteroatoms. The van der Waals surface area contributed by atoms with E-state index in [1.165, 1.54) is 0 Å². The van der Waals surface area contributed by atoms with Crippen LogP contribution in [0.4, 0.5) is 13.2 Å². The van der Waals surface area contributed by atoms with Crippen LogP contribution in [0.15, 0.2) is 0 Å². The van der Waals surface area contributed by atoms with Gasteiger partial charge in [-0.25, -0.2) is 0 Å². The molecule has 0 aromatic carbocycles. The van der Waals surface area contributed by atoms with Gasteiger partial charge < -0.3 is 0 Å². The van der Waals surface area contributed by atoms with Gasteiger partial charge in [0.1, 0.15) is 0 Å². The molecule has 0 bridgehead atoms. The second-order valence-corrected chi connectivity index (χ2v) is 3.68. The van der Waals surface area contributed by atoms with E-state index in [1.54, 1.807) is 0 Å². The van der Waals surface area contributed by atoms with Crippen LogP contribution in [-0.2, 0) is 0 Å². The van der Waals surface area contributed by atoms with Crippen molar-refractivity contribution in [3.05, 3.63) is 0 Å². The third-order valence-corrected chi connectivity index (χ3v) is 2.82. The van der Waals surface area contributed by atoms with Crippen molar-refractivity contribution in [3.63, 3.8) is 0 Å². The van der Waals surface area contributed by atoms with Gasteiger partial charge in [0, 0.05) is 0 Å². The monoisotopic (exact) mass is 210 g/mol. The van der Waals surface area contributed by atoms with Gasteiger partial charge in [0.25, 0.3) is 0 Å². The van der Waals surface area contributed by atoms with Crippen LogP contribution in [0.3, 0.4) is 0 Å². The van der Waals surface area contributed by atoms with E-state index >= 15 is 0 Å². The molecule has 14 heavy (non-hydrogen) atoms. The first-order valence-electron chi connectivity index (χ1n) is 5.60. The Morgan fingerprint density at radius 1 is 1.14 bits per heavy atom. The summed E-state index contributed by atoms with van der Waals surface area (Å²) in [6, 6.07) is 0. The second kappa shape index (κ2) is 6.31. The lowest BCUT2D eigenvalue weighted by Crippen LogP contribution is -2.28. The minimum Gasteiger partial charge on any atom is -0.171 e. The molecule has 0 spiro atoms. The topological polar surface area (TPSA) is 0 Å². The summed E-state index contributed by atoms with van der Waals surface area (Å²) in [6.07, 6.45) is -0.605. The summed E-state index contributed by atoms with van der Waals surface area (Å²) in [4.78, 5) is 0. The van der Waals surface area contributed by atoms with Gasteiger partial charge in [0.15, 0.2) is 0 Å². The zero-order valence-corrected chi connectivity index (χ0v) is 9.32. The quantitative estimate of drug-likeness (QED) is 0.583. The van der Waals surface area contributed by atoms with Crippen LogP contribution in [0.5, 0.6) is 0 Å². The van der Waals surface area contributed by atoms with E-state index in [0.717, 1.165) is 19.3 Å². The number of rotatable bonds is 1. The second-order valence-electron chi connectivity index (χ2n) is 3.68. The Labute approximate surface area is 84.9 Å². The van der Waals surface area contributed by atoms with Crippen LogP contribution in [-0.4, -0.2) is 6.18 Å². The predicted octanol–water partition coefficient (Wildman–Crippen LogP) is 4.79. The van der Waals surface area contributed by atoms with Crippen LogP contribution in [0.1, 0.15) is 52.9 Å². The van der Waals surface area contributed by atoms with Gasteiger partial charge in [-0.1, -0.05) is 40.0 Å². The Balaban J connectivity index is 0.000000791. The molecule has 0 aromatic heterocycles. The SMILES string of the molecule is CC.CCC1CCC[C@@H](C(F)(F)F)C1. The molecule has 1 saturated carbocycles. The molecular weight excluding hydrogens is 189 g/mol. The Kier molecular flexibility index (Phi) is 6.21. The molecule has 1 aliphatic rings. The van der Waals surface area contributed by atoms with Crippen LogP contribution in [0.25, 0.3) is 0 Å². The lowest BCUT2D eigenvalue weighted by Gasteiger charge is -2.29. The highest BCUT2D eigenvalue weighted by atomic mass is 19.4. The molecule has 0 heterocycles. The van der Waals surface area contributed by atoms with E-state index in [-0.39, 0.29) is 0 Å². The largest absolute Gasteiger partial charge is 0.391 e. The first-order chi connectivity index (χ1) is 6.54. The lowest BCUT2D eigenvalue weighted by molar-refractivity contribution is -0.185. The van der Waals surface area contributed by atoms with E-state index in [4.69, 9.17) is 0 Å². The van der Waals surface area contributed by atoms with E-state index in [9.17, 15) is 13.2 Å². The number of halogens is 3. The first kappa shape index (κ1) is 13.8. The van der Waals surface area contributed by atoms with E-state index in [2.05, 4.69) is 0 Å². The zero-order chi connectivity index (χ0) is 11.2. The van der Waals surface area contributed by atoms with Crippen molar-refractivity contribution in [1.29, 1.82) is 0 Å². The van der Waals surface area contributed by atoms with E-state index in [0.29, 0.717) is 18.8 Å². The highest BCUT2D eigenvalue weighted by Crippen LogP contribution is 2.40. The molecule has 0 saturated heterocycles. The average Bonchev–Trinajstić information content (AvgIpc) is 2.20. The molecule has 0 radical (unpaired) electrons. The van der Waals surface area contributed by atoms with Crippen LogP contribution in [0.2, 0.25) is 0 Å². The van der Waals surface area contributed by atoms with Gasteiger partial charge in [-0.2, -0.15) is 13.2 Å². The van der Waals surface area contributed by atoms with Gasteiger partial charge in [-0.15, -0.1) is 0 Å². The number of hydrogen-bond donors (Lipinski definition) is 0. The highest BCUT2D eigenvalue weighted by molar-refractivity contribution is 4.76. The Morgan fingerprint density at radius 3 is 2.14 bits per heavy atom. The molecule has 0 N–H and O–H groups in total. The van der Waals surface area contributed by atoms with Crippen molar-refractivity contribution in [2.75, 3.05) is 0 Å². The van der Waals surface area contributed by atoms with Crippen LogP contribution < -0.4 is 0 Å². The summed E-state index contributed by atoms with van der Waals surface area (Å²) in [5, 5.41) is 0. The fraction of sp³-hybridized carbons (Fsp3) is 1.00. The van der Waals surface area contributed by atoms with Gasteiger partial charge in [0.2, 0.25) is 0 Å². The standard InChI is InChI=1S/C9H15F3.C2H6/c1-2-7-4-3-5-8(6-7)9(10,11)12;1-2/h7-8H,2-6H2,1H3;1-2H3/t7?,8-;/m1./s1. The molecule has 0 aliphatic heterocycles. The molecule has 1 rings (SSSR count). The molecule has 1 unspecified atom stereocenters. The van der Waals surface area contributed by atoms with Crippen molar-refractivity contribution < 1.29 is 13.2 Å². The molecule has 0 amide bonds. The van der Waals surface area contributed by atoms with Crippen molar-refractivity contribution in [2.24, 2.45) is 11.8 Å². The third kappa shape index (κ3) is 4.34. The normalized spacial score (nSPS) is 27.9. The van der Waals surface area contributed by atoms with Crippen molar-refractivity contribution >= 4 is 0 Å². The van der Waals surface area contributed by atoms with E-state index in [1.807, 2.05) is 20.8 Å². The molecule has 1 fully saturated rings.